The summed E-state index contributed by atoms with van der Waals surface area (Å²) in [5, 5.41) is 8.71. The van der Waals surface area contributed by atoms with Gasteiger partial charge in [0.2, 0.25) is 10.0 Å². The molecule has 0 saturated carbocycles. The third kappa shape index (κ3) is 2.96. The molecule has 1 aromatic rings. The van der Waals surface area contributed by atoms with E-state index in [0.717, 1.165) is 0 Å². The molecule has 0 fully saturated rings. The van der Waals surface area contributed by atoms with Crippen molar-refractivity contribution < 1.29 is 27.8 Å². The summed E-state index contributed by atoms with van der Waals surface area (Å²) < 4.78 is 36.5. The lowest BCUT2D eigenvalue weighted by Gasteiger charge is -2.19. The summed E-state index contributed by atoms with van der Waals surface area (Å²) >= 11 is 0. The maximum atomic E-state index is 12.0. The Bertz CT molecular complexity index is 597. The fourth-order valence-electron chi connectivity index (χ4n) is 1.54. The number of fused-ring (bicyclic) bond motifs is 1. The highest BCUT2D eigenvalue weighted by Crippen LogP contribution is 2.32. The molecule has 0 spiro atoms. The zero-order valence-corrected chi connectivity index (χ0v) is 10.9. The van der Waals surface area contributed by atoms with E-state index in [-0.39, 0.29) is 4.90 Å². The highest BCUT2D eigenvalue weighted by molar-refractivity contribution is 7.89. The van der Waals surface area contributed by atoms with Gasteiger partial charge in [-0.3, -0.25) is 4.79 Å². The monoisotopic (exact) mass is 287 g/mol. The lowest BCUT2D eigenvalue weighted by atomic mass is 10.3. The van der Waals surface area contributed by atoms with Crippen LogP contribution >= 0.6 is 0 Å². The quantitative estimate of drug-likeness (QED) is 0.820. The average molecular weight is 287 g/mol. The number of carboxylic acid groups (broad SMARTS) is 1. The Labute approximate surface area is 110 Å². The molecule has 1 aromatic carbocycles. The Morgan fingerprint density at radius 2 is 1.95 bits per heavy atom. The second-order valence-electron chi connectivity index (χ2n) is 3.99. The fraction of sp³-hybridized carbons (Fsp3) is 0.364. The molecule has 19 heavy (non-hydrogen) atoms. The third-order valence-electron chi connectivity index (χ3n) is 2.53. The lowest BCUT2D eigenvalue weighted by Crippen LogP contribution is -2.38. The van der Waals surface area contributed by atoms with E-state index in [0.29, 0.717) is 24.7 Å². The van der Waals surface area contributed by atoms with Gasteiger partial charge in [-0.25, -0.2) is 8.42 Å². The number of nitrogens with one attached hydrogen (secondary N) is 1. The minimum absolute atomic E-state index is 0.0650. The molecule has 0 saturated heterocycles. The van der Waals surface area contributed by atoms with E-state index in [1.165, 1.54) is 25.1 Å². The number of benzene rings is 1. The van der Waals surface area contributed by atoms with Gasteiger partial charge in [-0.2, -0.15) is 4.72 Å². The van der Waals surface area contributed by atoms with Crippen LogP contribution in [0, 0.1) is 0 Å². The van der Waals surface area contributed by atoms with Gasteiger partial charge in [-0.1, -0.05) is 0 Å². The highest BCUT2D eigenvalue weighted by atomic mass is 32.2. The van der Waals surface area contributed by atoms with Gasteiger partial charge < -0.3 is 14.6 Å². The van der Waals surface area contributed by atoms with Crippen molar-refractivity contribution in [2.45, 2.75) is 17.9 Å². The Balaban J connectivity index is 2.28. The van der Waals surface area contributed by atoms with Crippen LogP contribution in [-0.4, -0.2) is 38.7 Å². The van der Waals surface area contributed by atoms with Crippen LogP contribution in [0.3, 0.4) is 0 Å². The summed E-state index contributed by atoms with van der Waals surface area (Å²) in [6.45, 7) is 2.00. The molecule has 1 atom stereocenters. The van der Waals surface area contributed by atoms with Crippen LogP contribution < -0.4 is 14.2 Å². The first-order valence-corrected chi connectivity index (χ1v) is 7.03. The van der Waals surface area contributed by atoms with Gasteiger partial charge in [0, 0.05) is 6.07 Å². The van der Waals surface area contributed by atoms with Crippen molar-refractivity contribution in [2.24, 2.45) is 0 Å². The molecule has 104 valence electrons. The van der Waals surface area contributed by atoms with E-state index >= 15 is 0 Å². The SMILES string of the molecule is C[C@H](NS(=O)(=O)c1ccc2c(c1)OCCO2)C(=O)O. The molecule has 2 N–H and O–H groups in total. The van der Waals surface area contributed by atoms with Gasteiger partial charge in [0.1, 0.15) is 19.3 Å². The molecule has 7 nitrogen and oxygen atoms in total. The van der Waals surface area contributed by atoms with Gasteiger partial charge in [0.25, 0.3) is 0 Å². The van der Waals surface area contributed by atoms with Crippen molar-refractivity contribution >= 4 is 16.0 Å². The summed E-state index contributed by atoms with van der Waals surface area (Å²) in [4.78, 5) is 10.6. The minimum atomic E-state index is -3.90. The molecule has 2 rings (SSSR count). The van der Waals surface area contributed by atoms with Crippen LogP contribution in [0.4, 0.5) is 0 Å². The molecule has 0 unspecified atom stereocenters. The normalized spacial score (nSPS) is 15.8. The fourth-order valence-corrected chi connectivity index (χ4v) is 2.75. The van der Waals surface area contributed by atoms with Gasteiger partial charge >= 0.3 is 5.97 Å². The van der Waals surface area contributed by atoms with Crippen LogP contribution in [0.25, 0.3) is 0 Å². The van der Waals surface area contributed by atoms with Crippen molar-refractivity contribution in [1.29, 1.82) is 0 Å². The number of aliphatic carboxylic acids is 1. The van der Waals surface area contributed by atoms with Gasteiger partial charge in [0.15, 0.2) is 11.5 Å². The molecule has 0 bridgehead atoms. The predicted molar refractivity (Wildman–Crippen MR) is 64.9 cm³/mol. The zero-order chi connectivity index (χ0) is 14.0. The molecule has 1 heterocycles. The molecule has 8 heteroatoms. The topological polar surface area (TPSA) is 102 Å². The number of carboxylic acids is 1. The summed E-state index contributed by atoms with van der Waals surface area (Å²) in [5.74, 6) is -0.449. The van der Waals surface area contributed by atoms with E-state index in [1.54, 1.807) is 0 Å². The second-order valence-corrected chi connectivity index (χ2v) is 5.70. The third-order valence-corrected chi connectivity index (χ3v) is 4.06. The standard InChI is InChI=1S/C11H13NO6S/c1-7(11(13)14)12-19(15,16)8-2-3-9-10(6-8)18-5-4-17-9/h2-3,6-7,12H,4-5H2,1H3,(H,13,14)/t7-/m0/s1. The number of rotatable bonds is 4. The number of hydrogen-bond acceptors (Lipinski definition) is 5. The van der Waals surface area contributed by atoms with E-state index in [2.05, 4.69) is 4.72 Å². The van der Waals surface area contributed by atoms with E-state index < -0.39 is 22.0 Å². The zero-order valence-electron chi connectivity index (χ0n) is 10.1. The summed E-state index contributed by atoms with van der Waals surface area (Å²) in [6, 6.07) is 2.92. The first-order chi connectivity index (χ1) is 8.90. The number of carbonyl (C=O) groups is 1. The maximum Gasteiger partial charge on any atom is 0.321 e. The summed E-state index contributed by atoms with van der Waals surface area (Å²) in [5.41, 5.74) is 0. The van der Waals surface area contributed by atoms with Gasteiger partial charge in [-0.15, -0.1) is 0 Å². The maximum absolute atomic E-state index is 12.0. The van der Waals surface area contributed by atoms with Crippen LogP contribution in [0.15, 0.2) is 23.1 Å². The molecule has 0 amide bonds. The van der Waals surface area contributed by atoms with Crippen molar-refractivity contribution in [3.05, 3.63) is 18.2 Å². The Morgan fingerprint density at radius 1 is 1.32 bits per heavy atom. The van der Waals surface area contributed by atoms with Crippen LogP contribution in [0.2, 0.25) is 0 Å². The number of hydrogen-bond donors (Lipinski definition) is 2. The van der Waals surface area contributed by atoms with Crippen LogP contribution in [0.1, 0.15) is 6.92 Å². The molecule has 0 aliphatic carbocycles. The van der Waals surface area contributed by atoms with Crippen molar-refractivity contribution in [1.82, 2.24) is 4.72 Å². The largest absolute Gasteiger partial charge is 0.486 e. The van der Waals surface area contributed by atoms with Gasteiger partial charge in [0.05, 0.1) is 4.90 Å². The average Bonchev–Trinajstić information content (AvgIpc) is 2.37. The van der Waals surface area contributed by atoms with Crippen LogP contribution in [-0.2, 0) is 14.8 Å². The summed E-state index contributed by atoms with van der Waals surface area (Å²) in [7, 11) is -3.90. The second kappa shape index (κ2) is 5.06. The van der Waals surface area contributed by atoms with E-state index in [1.807, 2.05) is 0 Å². The number of ether oxygens (including phenoxy) is 2. The molecule has 1 aliphatic heterocycles. The van der Waals surface area contributed by atoms with Crippen molar-refractivity contribution in [3.63, 3.8) is 0 Å². The van der Waals surface area contributed by atoms with Crippen LogP contribution in [0.5, 0.6) is 11.5 Å². The van der Waals surface area contributed by atoms with E-state index in [4.69, 9.17) is 14.6 Å². The van der Waals surface area contributed by atoms with Crippen molar-refractivity contribution in [2.75, 3.05) is 13.2 Å². The summed E-state index contributed by atoms with van der Waals surface area (Å²) in [6.07, 6.45) is 0. The Kier molecular flexibility index (Phi) is 3.63. The van der Waals surface area contributed by atoms with E-state index in [9.17, 15) is 13.2 Å². The molecular formula is C11H13NO6S. The van der Waals surface area contributed by atoms with Gasteiger partial charge in [-0.05, 0) is 19.1 Å². The molecule has 1 aliphatic rings. The molecule has 0 radical (unpaired) electrons. The predicted octanol–water partition coefficient (Wildman–Crippen LogP) is 0.209. The molecule has 0 aromatic heterocycles. The Hall–Kier alpha value is -1.80. The first-order valence-electron chi connectivity index (χ1n) is 5.55. The minimum Gasteiger partial charge on any atom is -0.486 e. The van der Waals surface area contributed by atoms with Crippen molar-refractivity contribution in [3.8, 4) is 11.5 Å². The smallest absolute Gasteiger partial charge is 0.321 e. The first kappa shape index (κ1) is 13.6. The molecular weight excluding hydrogens is 274 g/mol. The lowest BCUT2D eigenvalue weighted by molar-refractivity contribution is -0.138. The highest BCUT2D eigenvalue weighted by Gasteiger charge is 2.23. The number of sulfonamides is 1. The Morgan fingerprint density at radius 3 is 2.58 bits per heavy atom.